The lowest BCUT2D eigenvalue weighted by Crippen LogP contribution is -1.18. The fourth-order valence-corrected chi connectivity index (χ4v) is 0. The zero-order valence-corrected chi connectivity index (χ0v) is 6.62. The molecule has 0 aliphatic carbocycles. The number of rotatable bonds is 0. The third-order valence-corrected chi connectivity index (χ3v) is 0. The largest absolute Gasteiger partial charge is 0.147 e. The monoisotopic (exact) mass is 152 g/mol. The third-order valence-electron chi connectivity index (χ3n) is 0. The molecule has 0 aromatic rings. The van der Waals surface area contributed by atoms with E-state index in [1.54, 1.807) is 0 Å². The average molecular weight is 153 g/mol. The van der Waals surface area contributed by atoms with Crippen molar-refractivity contribution in [1.29, 1.82) is 0 Å². The smallest absolute Gasteiger partial charge is 0.0231 e. The maximum absolute atomic E-state index is 2.54. The Hall–Kier alpha value is 1.44. The van der Waals surface area contributed by atoms with Crippen LogP contribution in [0.2, 0.25) is 0 Å². The van der Waals surface area contributed by atoms with Crippen LogP contribution in [0.25, 0.3) is 0 Å². The first-order valence-corrected chi connectivity index (χ1v) is 2.45. The standard InChI is InChI=1S/CH6P2.2ClH/c2-1-3;;/h1-3H2;2*1H. The van der Waals surface area contributed by atoms with Crippen LogP contribution in [0.15, 0.2) is 0 Å². The van der Waals surface area contributed by atoms with Gasteiger partial charge in [0.2, 0.25) is 0 Å². The molecule has 0 saturated heterocycles. The van der Waals surface area contributed by atoms with E-state index in [1.807, 2.05) is 0 Å². The normalized spacial score (nSPS) is 3.60. The minimum absolute atomic E-state index is 0. The summed E-state index contributed by atoms with van der Waals surface area (Å²) in [4.78, 5) is 0. The highest BCUT2D eigenvalue weighted by Crippen LogP contribution is 1.84. The van der Waals surface area contributed by atoms with Crippen LogP contribution in [0.5, 0.6) is 0 Å². The van der Waals surface area contributed by atoms with Gasteiger partial charge < -0.3 is 0 Å². The Morgan fingerprint density at radius 1 is 1.00 bits per heavy atom. The summed E-state index contributed by atoms with van der Waals surface area (Å²) < 4.78 is 0. The summed E-state index contributed by atoms with van der Waals surface area (Å²) in [6.07, 6.45) is 0. The Morgan fingerprint density at radius 3 is 1.00 bits per heavy atom. The van der Waals surface area contributed by atoms with Gasteiger partial charge in [0.05, 0.1) is 0 Å². The van der Waals surface area contributed by atoms with E-state index in [9.17, 15) is 0 Å². The molecule has 2 unspecified atom stereocenters. The first-order chi connectivity index (χ1) is 1.41. The second-order valence-electron chi connectivity index (χ2n) is 0.236. The van der Waals surface area contributed by atoms with Gasteiger partial charge in [-0.25, -0.2) is 0 Å². The molecular weight excluding hydrogens is 145 g/mol. The van der Waals surface area contributed by atoms with Crippen molar-refractivity contribution in [3.63, 3.8) is 0 Å². The van der Waals surface area contributed by atoms with Gasteiger partial charge in [0, 0.05) is 0 Å². The van der Waals surface area contributed by atoms with E-state index in [0.29, 0.717) is 0 Å². The van der Waals surface area contributed by atoms with Gasteiger partial charge in [0.25, 0.3) is 0 Å². The molecule has 0 spiro atoms. The van der Waals surface area contributed by atoms with Gasteiger partial charge in [0.15, 0.2) is 0 Å². The van der Waals surface area contributed by atoms with Crippen LogP contribution in [0.4, 0.5) is 0 Å². The Morgan fingerprint density at radius 2 is 1.00 bits per heavy atom. The second-order valence-corrected chi connectivity index (χ2v) is 2.12. The van der Waals surface area contributed by atoms with Crippen LogP contribution in [0.3, 0.4) is 0 Å². The Labute approximate surface area is 49.7 Å². The first kappa shape index (κ1) is 16.1. The third kappa shape index (κ3) is 31.0. The Kier molecular flexibility index (Phi) is 58.0. The molecule has 2 atom stereocenters. The lowest BCUT2D eigenvalue weighted by molar-refractivity contribution is 2.32. The molecule has 0 aromatic carbocycles. The molecule has 4 heteroatoms. The van der Waals surface area contributed by atoms with Crippen LogP contribution in [-0.4, -0.2) is 5.90 Å². The second kappa shape index (κ2) is 18.0. The van der Waals surface area contributed by atoms with Crippen molar-refractivity contribution >= 4 is 43.3 Å². The fourth-order valence-electron chi connectivity index (χ4n) is 0. The lowest BCUT2D eigenvalue weighted by atomic mass is 11.9. The average Bonchev–Trinajstić information content (AvgIpc) is 0.918. The predicted molar refractivity (Wildman–Crippen MR) is 38.8 cm³/mol. The highest BCUT2D eigenvalue weighted by Gasteiger charge is 1.34. The van der Waals surface area contributed by atoms with Gasteiger partial charge in [-0.1, -0.05) is 0 Å². The summed E-state index contributed by atoms with van der Waals surface area (Å²) >= 11 is 0. The van der Waals surface area contributed by atoms with E-state index >= 15 is 0 Å². The summed E-state index contributed by atoms with van der Waals surface area (Å²) in [5.74, 6) is 1.08. The van der Waals surface area contributed by atoms with Crippen molar-refractivity contribution in [2.24, 2.45) is 0 Å². The number of hydrogen-bond acceptors (Lipinski definition) is 0. The fraction of sp³-hybridized carbons (Fsp3) is 1.00. The maximum atomic E-state index is 2.54. The van der Waals surface area contributed by atoms with E-state index in [1.165, 1.54) is 0 Å². The van der Waals surface area contributed by atoms with Crippen LogP contribution in [0, 0.1) is 0 Å². The predicted octanol–water partition coefficient (Wildman–Crippen LogP) is 1.54. The van der Waals surface area contributed by atoms with E-state index < -0.39 is 0 Å². The highest BCUT2D eigenvalue weighted by molar-refractivity contribution is 7.36. The van der Waals surface area contributed by atoms with Gasteiger partial charge in [-0.3, -0.25) is 0 Å². The van der Waals surface area contributed by atoms with Crippen molar-refractivity contribution in [1.82, 2.24) is 0 Å². The maximum Gasteiger partial charge on any atom is -0.0231 e. The lowest BCUT2D eigenvalue weighted by Gasteiger charge is -1.49. The van der Waals surface area contributed by atoms with Crippen molar-refractivity contribution in [3.8, 4) is 0 Å². The topological polar surface area (TPSA) is 0 Å². The zero-order valence-electron chi connectivity index (χ0n) is 2.68. The highest BCUT2D eigenvalue weighted by atomic mass is 35.5. The molecule has 0 heterocycles. The molecule has 5 heavy (non-hydrogen) atoms. The Bertz CT molecular complexity index is 7.61. The summed E-state index contributed by atoms with van der Waals surface area (Å²) in [6, 6.07) is 0. The number of halogens is 2. The van der Waals surface area contributed by atoms with Crippen LogP contribution >= 0.6 is 43.3 Å². The molecule has 0 bridgehead atoms. The van der Waals surface area contributed by atoms with E-state index in [4.69, 9.17) is 0 Å². The molecule has 0 aliphatic heterocycles. The SMILES string of the molecule is Cl.Cl.PCP. The molecule has 0 aliphatic rings. The molecule has 0 N–H and O–H groups in total. The van der Waals surface area contributed by atoms with Crippen molar-refractivity contribution in [2.75, 3.05) is 5.90 Å². The van der Waals surface area contributed by atoms with E-state index in [0.717, 1.165) is 5.90 Å². The summed E-state index contributed by atoms with van der Waals surface area (Å²) in [7, 11) is 5.08. The number of hydrogen-bond donors (Lipinski definition) is 0. The summed E-state index contributed by atoms with van der Waals surface area (Å²) in [6.45, 7) is 0. The van der Waals surface area contributed by atoms with Crippen molar-refractivity contribution < 1.29 is 0 Å². The van der Waals surface area contributed by atoms with Gasteiger partial charge in [-0.15, -0.1) is 43.3 Å². The van der Waals surface area contributed by atoms with E-state index in [-0.39, 0.29) is 24.8 Å². The molecule has 0 rings (SSSR count). The molecule has 0 radical (unpaired) electrons. The molecule has 0 nitrogen and oxygen atoms in total. The first-order valence-electron chi connectivity index (χ1n) is 0.816. The van der Waals surface area contributed by atoms with Gasteiger partial charge in [0.1, 0.15) is 0 Å². The van der Waals surface area contributed by atoms with Crippen LogP contribution in [0.1, 0.15) is 0 Å². The van der Waals surface area contributed by atoms with Crippen molar-refractivity contribution in [2.45, 2.75) is 0 Å². The molecule has 0 saturated carbocycles. The molecule has 0 amide bonds. The zero-order chi connectivity index (χ0) is 2.71. The van der Waals surface area contributed by atoms with Gasteiger partial charge >= 0.3 is 0 Å². The minimum atomic E-state index is 0. The van der Waals surface area contributed by atoms with Gasteiger partial charge in [-0.2, -0.15) is 0 Å². The summed E-state index contributed by atoms with van der Waals surface area (Å²) in [5.41, 5.74) is 0. The van der Waals surface area contributed by atoms with Gasteiger partial charge in [-0.05, 0) is 5.90 Å². The minimum Gasteiger partial charge on any atom is -0.147 e. The van der Waals surface area contributed by atoms with Crippen LogP contribution < -0.4 is 0 Å². The van der Waals surface area contributed by atoms with Crippen molar-refractivity contribution in [3.05, 3.63) is 0 Å². The molecule has 36 valence electrons. The van der Waals surface area contributed by atoms with E-state index in [2.05, 4.69) is 18.5 Å². The Balaban J connectivity index is -0.0000000200. The molecule has 0 aromatic heterocycles. The van der Waals surface area contributed by atoms with Crippen LogP contribution in [-0.2, 0) is 0 Å². The summed E-state index contributed by atoms with van der Waals surface area (Å²) in [5, 5.41) is 0. The quantitative estimate of drug-likeness (QED) is 0.463. The molecule has 0 fully saturated rings. The molecular formula is CH8Cl2P2.